The Kier molecular flexibility index (Phi) is 5.77. The molecule has 0 spiro atoms. The molecular weight excluding hydrogens is 428 g/mol. The summed E-state index contributed by atoms with van der Waals surface area (Å²) in [6.07, 6.45) is 0.446. The molecule has 0 aromatic rings. The largest absolute Gasteiger partial charge is 0.460 e. The summed E-state index contributed by atoms with van der Waals surface area (Å²) in [6.45, 7) is 4.50. The van der Waals surface area contributed by atoms with E-state index in [2.05, 4.69) is 19.9 Å². The molecule has 4 aliphatic carbocycles. The van der Waals surface area contributed by atoms with Gasteiger partial charge < -0.3 is 29.9 Å². The number of Topliss-reactive ketones (excluding diaryl/α,β-unsaturated/α-hetero) is 1. The molecule has 1 saturated heterocycles. The van der Waals surface area contributed by atoms with E-state index in [0.717, 1.165) is 32.1 Å². The highest BCUT2D eigenvalue weighted by atomic mass is 16.7. The zero-order valence-electron chi connectivity index (χ0n) is 19.4. The van der Waals surface area contributed by atoms with Crippen LogP contribution in [0.3, 0.4) is 0 Å². The molecule has 1 heterocycles. The monoisotopic (exact) mass is 464 g/mol. The Hall–Kier alpha value is -1.32. The van der Waals surface area contributed by atoms with Gasteiger partial charge in [0.15, 0.2) is 12.4 Å². The third-order valence-electron chi connectivity index (χ3n) is 9.87. The molecule has 4 N–H and O–H groups in total. The SMILES string of the molecule is CC12CCC3C(CC=C4CC(OC(=O)C5OC(O)C(O)C(O)C5O)CCC43C)C1CCC2=O. The van der Waals surface area contributed by atoms with E-state index in [0.29, 0.717) is 42.8 Å². The number of ketones is 1. The summed E-state index contributed by atoms with van der Waals surface area (Å²) >= 11 is 0. The van der Waals surface area contributed by atoms with Gasteiger partial charge in [0.05, 0.1) is 0 Å². The Morgan fingerprint density at radius 3 is 2.45 bits per heavy atom. The van der Waals surface area contributed by atoms with Gasteiger partial charge in [0.1, 0.15) is 30.2 Å². The second kappa shape index (κ2) is 8.12. The van der Waals surface area contributed by atoms with Gasteiger partial charge in [-0.05, 0) is 61.7 Å². The summed E-state index contributed by atoms with van der Waals surface area (Å²) < 4.78 is 10.7. The molecule has 8 heteroatoms. The first-order chi connectivity index (χ1) is 15.6. The first-order valence-electron chi connectivity index (χ1n) is 12.4. The number of hydrogen-bond acceptors (Lipinski definition) is 8. The van der Waals surface area contributed by atoms with Crippen LogP contribution >= 0.6 is 0 Å². The summed E-state index contributed by atoms with van der Waals surface area (Å²) in [5.74, 6) is 1.13. The van der Waals surface area contributed by atoms with E-state index in [1.165, 1.54) is 5.57 Å². The smallest absolute Gasteiger partial charge is 0.338 e. The van der Waals surface area contributed by atoms with E-state index in [1.807, 2.05) is 0 Å². The maximum atomic E-state index is 12.7. The lowest BCUT2D eigenvalue weighted by Crippen LogP contribution is -2.60. The number of esters is 1. The predicted octanol–water partition coefficient (Wildman–Crippen LogP) is 1.23. The van der Waals surface area contributed by atoms with Crippen LogP contribution in [0.2, 0.25) is 0 Å². The quantitative estimate of drug-likeness (QED) is 0.354. The minimum Gasteiger partial charge on any atom is -0.460 e. The lowest BCUT2D eigenvalue weighted by Gasteiger charge is -2.56. The van der Waals surface area contributed by atoms with Crippen molar-refractivity contribution in [2.45, 2.75) is 102 Å². The van der Waals surface area contributed by atoms with E-state index >= 15 is 0 Å². The molecule has 5 aliphatic rings. The van der Waals surface area contributed by atoms with Crippen LogP contribution in [0.15, 0.2) is 11.6 Å². The number of fused-ring (bicyclic) bond motifs is 5. The van der Waals surface area contributed by atoms with Crippen molar-refractivity contribution in [2.75, 3.05) is 0 Å². The maximum absolute atomic E-state index is 12.7. The van der Waals surface area contributed by atoms with Crippen LogP contribution in [-0.4, -0.2) is 69.0 Å². The van der Waals surface area contributed by atoms with Crippen LogP contribution in [-0.2, 0) is 19.1 Å². The summed E-state index contributed by atoms with van der Waals surface area (Å²) in [5, 5.41) is 39.3. The van der Waals surface area contributed by atoms with Crippen molar-refractivity contribution in [1.29, 1.82) is 0 Å². The average molecular weight is 465 g/mol. The first-order valence-corrected chi connectivity index (χ1v) is 12.4. The Bertz CT molecular complexity index is 855. The summed E-state index contributed by atoms with van der Waals surface area (Å²) in [6, 6.07) is 0. The number of carbonyl (C=O) groups excluding carboxylic acids is 2. The molecule has 11 atom stereocenters. The fourth-order valence-electron chi connectivity index (χ4n) is 7.79. The van der Waals surface area contributed by atoms with E-state index in [4.69, 9.17) is 9.47 Å². The van der Waals surface area contributed by atoms with Crippen LogP contribution in [0.1, 0.15) is 65.2 Å². The van der Waals surface area contributed by atoms with Gasteiger partial charge in [0, 0.05) is 18.3 Å². The number of carbonyl (C=O) groups is 2. The highest BCUT2D eigenvalue weighted by Crippen LogP contribution is 2.64. The predicted molar refractivity (Wildman–Crippen MR) is 115 cm³/mol. The molecule has 33 heavy (non-hydrogen) atoms. The Labute approximate surface area is 194 Å². The van der Waals surface area contributed by atoms with Gasteiger partial charge >= 0.3 is 5.97 Å². The number of aliphatic hydroxyl groups excluding tert-OH is 4. The van der Waals surface area contributed by atoms with E-state index in [9.17, 15) is 30.0 Å². The molecule has 5 rings (SSSR count). The zero-order valence-corrected chi connectivity index (χ0v) is 19.4. The molecule has 0 radical (unpaired) electrons. The van der Waals surface area contributed by atoms with Gasteiger partial charge in [-0.3, -0.25) is 4.79 Å². The van der Waals surface area contributed by atoms with Crippen LogP contribution < -0.4 is 0 Å². The molecule has 1 aliphatic heterocycles. The summed E-state index contributed by atoms with van der Waals surface area (Å²) in [7, 11) is 0. The number of ether oxygens (including phenoxy) is 2. The van der Waals surface area contributed by atoms with Crippen LogP contribution in [0.4, 0.5) is 0 Å². The number of rotatable bonds is 2. The maximum Gasteiger partial charge on any atom is 0.338 e. The van der Waals surface area contributed by atoms with Crippen molar-refractivity contribution in [3.8, 4) is 0 Å². The lowest BCUT2D eigenvalue weighted by molar-refractivity contribution is -0.282. The van der Waals surface area contributed by atoms with Crippen molar-refractivity contribution < 1.29 is 39.5 Å². The van der Waals surface area contributed by atoms with Gasteiger partial charge in [-0.1, -0.05) is 25.5 Å². The highest BCUT2D eigenvalue weighted by Gasteiger charge is 2.59. The van der Waals surface area contributed by atoms with Gasteiger partial charge in [-0.2, -0.15) is 0 Å². The van der Waals surface area contributed by atoms with E-state index in [1.54, 1.807) is 0 Å². The van der Waals surface area contributed by atoms with Gasteiger partial charge in [-0.15, -0.1) is 0 Å². The molecule has 0 aromatic heterocycles. The third-order valence-corrected chi connectivity index (χ3v) is 9.87. The topological polar surface area (TPSA) is 134 Å². The van der Waals surface area contributed by atoms with Crippen LogP contribution in [0.25, 0.3) is 0 Å². The minimum absolute atomic E-state index is 0.0378. The molecule has 8 nitrogen and oxygen atoms in total. The normalized spacial score (nSPS) is 51.8. The third kappa shape index (κ3) is 3.52. The van der Waals surface area contributed by atoms with Gasteiger partial charge in [0.2, 0.25) is 0 Å². The second-order valence-corrected chi connectivity index (χ2v) is 11.4. The highest BCUT2D eigenvalue weighted by molar-refractivity contribution is 5.87. The van der Waals surface area contributed by atoms with Crippen molar-refractivity contribution in [2.24, 2.45) is 28.6 Å². The number of hydrogen-bond donors (Lipinski definition) is 4. The molecule has 0 amide bonds. The van der Waals surface area contributed by atoms with Crippen molar-refractivity contribution in [3.63, 3.8) is 0 Å². The van der Waals surface area contributed by atoms with Crippen molar-refractivity contribution in [1.82, 2.24) is 0 Å². The van der Waals surface area contributed by atoms with Gasteiger partial charge in [-0.25, -0.2) is 4.79 Å². The average Bonchev–Trinajstić information content (AvgIpc) is 3.09. The minimum atomic E-state index is -1.77. The Balaban J connectivity index is 1.27. The molecular formula is C25H36O8. The number of allylic oxidation sites excluding steroid dienone is 1. The van der Waals surface area contributed by atoms with Crippen molar-refractivity contribution in [3.05, 3.63) is 11.6 Å². The molecule has 11 unspecified atom stereocenters. The fourth-order valence-corrected chi connectivity index (χ4v) is 7.79. The standard InChI is InChI=1S/C25H36O8/c1-24-9-7-13(32-23(31)21-19(28)18(27)20(29)22(30)33-21)11-12(24)3-4-14-15-5-6-17(26)25(15,2)10-8-16(14)24/h3,13-16,18-22,27-30H,4-11H2,1-2H3. The lowest BCUT2D eigenvalue weighted by atomic mass is 9.48. The fraction of sp³-hybridized carbons (Fsp3) is 0.840. The zero-order chi connectivity index (χ0) is 23.7. The van der Waals surface area contributed by atoms with Crippen LogP contribution in [0, 0.1) is 28.6 Å². The molecule has 4 fully saturated rings. The Morgan fingerprint density at radius 2 is 1.70 bits per heavy atom. The summed E-state index contributed by atoms with van der Waals surface area (Å²) in [4.78, 5) is 25.3. The molecule has 3 saturated carbocycles. The molecule has 0 bridgehead atoms. The Morgan fingerprint density at radius 1 is 1.00 bits per heavy atom. The first kappa shape index (κ1) is 23.4. The van der Waals surface area contributed by atoms with Gasteiger partial charge in [0.25, 0.3) is 0 Å². The van der Waals surface area contributed by atoms with E-state index < -0.39 is 36.7 Å². The second-order valence-electron chi connectivity index (χ2n) is 11.4. The molecule has 184 valence electrons. The van der Waals surface area contributed by atoms with Crippen molar-refractivity contribution >= 4 is 11.8 Å². The van der Waals surface area contributed by atoms with Crippen LogP contribution in [0.5, 0.6) is 0 Å². The summed E-state index contributed by atoms with van der Waals surface area (Å²) in [5.41, 5.74) is 1.19. The van der Waals surface area contributed by atoms with E-state index in [-0.39, 0.29) is 16.9 Å². The molecule has 0 aromatic carbocycles. The number of aliphatic hydroxyl groups is 4.